The van der Waals surface area contributed by atoms with Crippen LogP contribution in [-0.4, -0.2) is 47.0 Å². The topological polar surface area (TPSA) is 123 Å². The molecule has 174 valence electrons. The number of methoxy groups -OCH3 is 2. The third-order valence-corrected chi connectivity index (χ3v) is 5.92. The Balaban J connectivity index is 2.03. The highest BCUT2D eigenvalue weighted by molar-refractivity contribution is 7.89. The normalized spacial score (nSPS) is 11.2. The lowest BCUT2D eigenvalue weighted by atomic mass is 10.1. The van der Waals surface area contributed by atoms with Crippen molar-refractivity contribution in [2.24, 2.45) is 0 Å². The highest BCUT2D eigenvalue weighted by Gasteiger charge is 2.18. The minimum atomic E-state index is -3.88. The Kier molecular flexibility index (Phi) is 8.88. The average Bonchev–Trinajstić information content (AvgIpc) is 2.72. The van der Waals surface area contributed by atoms with Gasteiger partial charge in [-0.15, -0.1) is 0 Å². The number of carbonyl (C=O) groups excluding carboxylic acids is 2. The van der Waals surface area contributed by atoms with E-state index in [4.69, 9.17) is 21.1 Å². The molecular formula is C21H26ClN3O6S. The van der Waals surface area contributed by atoms with Gasteiger partial charge in [-0.1, -0.05) is 11.6 Å². The van der Waals surface area contributed by atoms with Crippen LogP contribution in [0, 0.1) is 0 Å². The summed E-state index contributed by atoms with van der Waals surface area (Å²) >= 11 is 6.00. The lowest BCUT2D eigenvalue weighted by Crippen LogP contribution is -2.31. The lowest BCUT2D eigenvalue weighted by Gasteiger charge is -2.14. The molecule has 0 aliphatic rings. The molecule has 0 unspecified atom stereocenters. The van der Waals surface area contributed by atoms with E-state index < -0.39 is 15.9 Å². The number of rotatable bonds is 10. The van der Waals surface area contributed by atoms with Gasteiger partial charge in [0.25, 0.3) is 5.91 Å². The number of hydrogen-bond donors (Lipinski definition) is 3. The van der Waals surface area contributed by atoms with Crippen molar-refractivity contribution in [1.82, 2.24) is 10.0 Å². The van der Waals surface area contributed by atoms with Crippen molar-refractivity contribution in [3.05, 3.63) is 47.0 Å². The van der Waals surface area contributed by atoms with Crippen molar-refractivity contribution >= 4 is 39.1 Å². The molecule has 0 spiro atoms. The van der Waals surface area contributed by atoms with Gasteiger partial charge in [0.15, 0.2) is 11.5 Å². The van der Waals surface area contributed by atoms with E-state index in [9.17, 15) is 18.0 Å². The fourth-order valence-corrected chi connectivity index (χ4v) is 3.96. The maximum Gasteiger partial charge on any atom is 0.253 e. The number of nitrogens with one attached hydrogen (secondary N) is 3. The van der Waals surface area contributed by atoms with Gasteiger partial charge in [0.05, 0.1) is 30.4 Å². The van der Waals surface area contributed by atoms with Gasteiger partial charge in [-0.05, 0) is 44.2 Å². The molecule has 0 heterocycles. The van der Waals surface area contributed by atoms with Crippen LogP contribution in [0.25, 0.3) is 0 Å². The van der Waals surface area contributed by atoms with Crippen LogP contribution in [0.15, 0.2) is 41.3 Å². The molecule has 0 bridgehead atoms. The number of sulfonamides is 1. The summed E-state index contributed by atoms with van der Waals surface area (Å²) in [5, 5.41) is 5.70. The van der Waals surface area contributed by atoms with Gasteiger partial charge in [-0.25, -0.2) is 13.1 Å². The summed E-state index contributed by atoms with van der Waals surface area (Å²) in [6.07, 6.45) is -0.162. The highest BCUT2D eigenvalue weighted by Crippen LogP contribution is 2.29. The summed E-state index contributed by atoms with van der Waals surface area (Å²) in [6, 6.07) is 8.60. The average molecular weight is 484 g/mol. The first-order valence-electron chi connectivity index (χ1n) is 9.69. The number of benzene rings is 2. The minimum Gasteiger partial charge on any atom is -0.493 e. The van der Waals surface area contributed by atoms with Gasteiger partial charge >= 0.3 is 0 Å². The molecule has 2 rings (SSSR count). The van der Waals surface area contributed by atoms with Gasteiger partial charge in [-0.2, -0.15) is 0 Å². The Morgan fingerprint density at radius 2 is 1.72 bits per heavy atom. The summed E-state index contributed by atoms with van der Waals surface area (Å²) in [7, 11) is -1.03. The second-order valence-corrected chi connectivity index (χ2v) is 9.23. The molecule has 0 saturated carbocycles. The molecule has 9 nitrogen and oxygen atoms in total. The second kappa shape index (κ2) is 11.2. The van der Waals surface area contributed by atoms with Crippen molar-refractivity contribution in [2.75, 3.05) is 26.1 Å². The number of carbonyl (C=O) groups is 2. The number of halogens is 1. The zero-order chi connectivity index (χ0) is 23.9. The van der Waals surface area contributed by atoms with E-state index in [1.165, 1.54) is 44.6 Å². The third-order valence-electron chi connectivity index (χ3n) is 4.23. The third kappa shape index (κ3) is 6.84. The van der Waals surface area contributed by atoms with Gasteiger partial charge in [0.2, 0.25) is 15.9 Å². The maximum absolute atomic E-state index is 12.5. The Morgan fingerprint density at radius 1 is 1.03 bits per heavy atom. The molecule has 0 aliphatic carbocycles. The highest BCUT2D eigenvalue weighted by atomic mass is 35.5. The van der Waals surface area contributed by atoms with E-state index in [1.807, 2.05) is 13.8 Å². The van der Waals surface area contributed by atoms with Crippen LogP contribution in [0.4, 0.5) is 5.69 Å². The summed E-state index contributed by atoms with van der Waals surface area (Å²) in [6.45, 7) is 3.48. The zero-order valence-corrected chi connectivity index (χ0v) is 19.8. The van der Waals surface area contributed by atoms with Crippen LogP contribution in [0.3, 0.4) is 0 Å². The molecule has 2 aromatic rings. The van der Waals surface area contributed by atoms with Crippen molar-refractivity contribution in [1.29, 1.82) is 0 Å². The summed E-state index contributed by atoms with van der Waals surface area (Å²) < 4.78 is 37.6. The van der Waals surface area contributed by atoms with Crippen molar-refractivity contribution in [3.8, 4) is 11.5 Å². The van der Waals surface area contributed by atoms with E-state index in [1.54, 1.807) is 6.07 Å². The summed E-state index contributed by atoms with van der Waals surface area (Å²) in [4.78, 5) is 24.7. The van der Waals surface area contributed by atoms with Crippen LogP contribution in [0.1, 0.15) is 30.6 Å². The van der Waals surface area contributed by atoms with E-state index in [-0.39, 0.29) is 46.8 Å². The van der Waals surface area contributed by atoms with Crippen LogP contribution in [0.5, 0.6) is 11.5 Å². The summed E-state index contributed by atoms with van der Waals surface area (Å²) in [5.74, 6) is -0.187. The van der Waals surface area contributed by atoms with Gasteiger partial charge < -0.3 is 20.1 Å². The Bertz CT molecular complexity index is 1090. The lowest BCUT2D eigenvalue weighted by molar-refractivity contribution is -0.116. The van der Waals surface area contributed by atoms with E-state index >= 15 is 0 Å². The fraction of sp³-hybridized carbons (Fsp3) is 0.333. The SMILES string of the molecule is COc1ccc(S(=O)(=O)NCCC(=O)Nc2cc(Cl)ccc2C(=O)NC(C)C)cc1OC. The zero-order valence-electron chi connectivity index (χ0n) is 18.2. The maximum atomic E-state index is 12.5. The van der Waals surface area contributed by atoms with Crippen LogP contribution in [0.2, 0.25) is 5.02 Å². The van der Waals surface area contributed by atoms with Crippen molar-refractivity contribution in [3.63, 3.8) is 0 Å². The largest absolute Gasteiger partial charge is 0.493 e. The van der Waals surface area contributed by atoms with Gasteiger partial charge in [-0.3, -0.25) is 9.59 Å². The number of anilines is 1. The number of hydrogen-bond acceptors (Lipinski definition) is 6. The molecule has 32 heavy (non-hydrogen) atoms. The standard InChI is InChI=1S/C21H26ClN3O6S/c1-13(2)24-21(27)16-7-5-14(22)11-17(16)25-20(26)9-10-23-32(28,29)15-6-8-18(30-3)19(12-15)31-4/h5-8,11-13,23H,9-10H2,1-4H3,(H,24,27)(H,25,26). The second-order valence-electron chi connectivity index (χ2n) is 7.03. The van der Waals surface area contributed by atoms with Gasteiger partial charge in [0.1, 0.15) is 0 Å². The molecule has 3 N–H and O–H groups in total. The van der Waals surface area contributed by atoms with E-state index in [2.05, 4.69) is 15.4 Å². The smallest absolute Gasteiger partial charge is 0.253 e. The molecule has 0 aromatic heterocycles. The number of ether oxygens (including phenoxy) is 2. The molecule has 0 aliphatic heterocycles. The predicted molar refractivity (Wildman–Crippen MR) is 122 cm³/mol. The molecule has 0 atom stereocenters. The van der Waals surface area contributed by atoms with E-state index in [0.717, 1.165) is 0 Å². The van der Waals surface area contributed by atoms with Crippen LogP contribution in [-0.2, 0) is 14.8 Å². The van der Waals surface area contributed by atoms with Gasteiger partial charge in [0, 0.05) is 30.1 Å². The van der Waals surface area contributed by atoms with Crippen LogP contribution >= 0.6 is 11.6 Å². The first kappa shape index (κ1) is 25.4. The molecule has 2 aromatic carbocycles. The molecule has 0 saturated heterocycles. The summed E-state index contributed by atoms with van der Waals surface area (Å²) in [5.41, 5.74) is 0.491. The minimum absolute atomic E-state index is 0.0296. The first-order chi connectivity index (χ1) is 15.1. The molecule has 0 fully saturated rings. The predicted octanol–water partition coefficient (Wildman–Crippen LogP) is 2.80. The molecule has 2 amide bonds. The monoisotopic (exact) mass is 483 g/mol. The Hall–Kier alpha value is -2.82. The van der Waals surface area contributed by atoms with Crippen LogP contribution < -0.4 is 24.8 Å². The van der Waals surface area contributed by atoms with Crippen molar-refractivity contribution < 1.29 is 27.5 Å². The fourth-order valence-electron chi connectivity index (χ4n) is 2.74. The van der Waals surface area contributed by atoms with Crippen molar-refractivity contribution in [2.45, 2.75) is 31.2 Å². The first-order valence-corrected chi connectivity index (χ1v) is 11.6. The molecule has 0 radical (unpaired) electrons. The molecular weight excluding hydrogens is 458 g/mol. The Labute approximate surface area is 192 Å². The van der Waals surface area contributed by atoms with E-state index in [0.29, 0.717) is 10.8 Å². The quantitative estimate of drug-likeness (QED) is 0.477. The Morgan fingerprint density at radius 3 is 2.34 bits per heavy atom. The number of amides is 2. The molecule has 11 heteroatoms.